The number of rotatable bonds is 10. The third-order valence-electron chi connectivity index (χ3n) is 12.8. The predicted molar refractivity (Wildman–Crippen MR) is 291 cm³/mol. The molecule has 2 heterocycles. The molecule has 0 spiro atoms. The van der Waals surface area contributed by atoms with Crippen LogP contribution in [0.25, 0.3) is 11.4 Å². The second kappa shape index (κ2) is 21.4. The molecule has 0 fully saturated rings. The summed E-state index contributed by atoms with van der Waals surface area (Å²) in [5.74, 6) is -3.08. The van der Waals surface area contributed by atoms with Gasteiger partial charge < -0.3 is 0 Å². The van der Waals surface area contributed by atoms with Gasteiger partial charge in [0.2, 0.25) is 11.8 Å². The van der Waals surface area contributed by atoms with Gasteiger partial charge in [-0.25, -0.2) is 25.4 Å². The van der Waals surface area contributed by atoms with Gasteiger partial charge in [-0.3, -0.25) is 9.59 Å². The number of hydrogen-bond donors (Lipinski definition) is 0. The van der Waals surface area contributed by atoms with Crippen LogP contribution in [0.5, 0.6) is 0 Å². The Kier molecular flexibility index (Phi) is 14.9. The maximum Gasteiger partial charge on any atom is 0.270 e. The molecule has 360 valence electrons. The smallest absolute Gasteiger partial charge is 0.270 e. The SMILES string of the molecule is Cc1ccc(S(=O)(=O)N2C(=O)[C@H](c3ccc(Br)cc3)[C@@H](c3ccccc3)C=C2c2ccccc2)cc1.Cc1ccc(S(=O)(=O)N2C(=O)[C@H](c3ccc(Br)cc3)[C@@H](c3ccccc3)C=C2c2ccccc2)cc1. The summed E-state index contributed by atoms with van der Waals surface area (Å²) < 4.78 is 59.9. The second-order valence-electron chi connectivity index (χ2n) is 17.6. The Morgan fingerprint density at radius 1 is 0.361 bits per heavy atom. The van der Waals surface area contributed by atoms with Gasteiger partial charge in [0.25, 0.3) is 20.0 Å². The van der Waals surface area contributed by atoms with E-state index in [0.717, 1.165) is 50.9 Å². The Morgan fingerprint density at radius 2 is 0.653 bits per heavy atom. The molecule has 72 heavy (non-hydrogen) atoms. The summed E-state index contributed by atoms with van der Waals surface area (Å²) in [5, 5.41) is 0. The van der Waals surface area contributed by atoms with E-state index in [0.29, 0.717) is 22.5 Å². The van der Waals surface area contributed by atoms with Crippen molar-refractivity contribution in [1.29, 1.82) is 0 Å². The standard InChI is InChI=1S/2C30H24BrNO3S/c2*1-21-12-18-26(19-13-21)36(34,35)32-28(23-10-6-3-7-11-23)20-27(22-8-4-2-5-9-22)29(30(32)33)24-14-16-25(31)17-15-24/h2*2-20,27,29H,1H3/t2*27-,29-/m11/s1. The van der Waals surface area contributed by atoms with E-state index in [4.69, 9.17) is 0 Å². The first kappa shape index (κ1) is 50.0. The predicted octanol–water partition coefficient (Wildman–Crippen LogP) is 13.8. The number of sulfonamides is 2. The van der Waals surface area contributed by atoms with Gasteiger partial charge in [-0.15, -0.1) is 0 Å². The molecule has 12 heteroatoms. The first-order valence-corrected chi connectivity index (χ1v) is 27.7. The summed E-state index contributed by atoms with van der Waals surface area (Å²) in [4.78, 5) is 28.9. The van der Waals surface area contributed by atoms with Crippen molar-refractivity contribution in [3.8, 4) is 0 Å². The molecule has 2 aliphatic heterocycles. The minimum absolute atomic E-state index is 0.0796. The van der Waals surface area contributed by atoms with Crippen molar-refractivity contribution >= 4 is 75.1 Å². The molecular weight excluding hydrogens is 1070 g/mol. The minimum Gasteiger partial charge on any atom is -0.273 e. The van der Waals surface area contributed by atoms with Crippen LogP contribution in [0.1, 0.15) is 68.2 Å². The van der Waals surface area contributed by atoms with Crippen LogP contribution in [-0.4, -0.2) is 37.3 Å². The molecule has 0 aliphatic carbocycles. The lowest BCUT2D eigenvalue weighted by atomic mass is 9.78. The highest BCUT2D eigenvalue weighted by Crippen LogP contribution is 2.47. The van der Waals surface area contributed by atoms with Gasteiger partial charge in [0, 0.05) is 20.8 Å². The number of halogens is 2. The van der Waals surface area contributed by atoms with Crippen molar-refractivity contribution in [1.82, 2.24) is 8.61 Å². The fourth-order valence-electron chi connectivity index (χ4n) is 9.21. The number of carbonyl (C=O) groups excluding carboxylic acids is 2. The molecule has 2 aliphatic rings. The number of benzene rings is 8. The number of amides is 2. The van der Waals surface area contributed by atoms with Crippen LogP contribution in [0.3, 0.4) is 0 Å². The quantitative estimate of drug-likeness (QED) is 0.135. The van der Waals surface area contributed by atoms with Crippen LogP contribution in [0.4, 0.5) is 0 Å². The highest BCUT2D eigenvalue weighted by molar-refractivity contribution is 9.10. The normalized spacial score (nSPS) is 18.1. The van der Waals surface area contributed by atoms with Gasteiger partial charge in [-0.05, 0) is 95.8 Å². The van der Waals surface area contributed by atoms with Gasteiger partial charge in [-0.2, -0.15) is 0 Å². The second-order valence-corrected chi connectivity index (χ2v) is 23.0. The van der Waals surface area contributed by atoms with Crippen LogP contribution in [-0.2, 0) is 29.6 Å². The van der Waals surface area contributed by atoms with Crippen molar-refractivity contribution in [3.63, 3.8) is 0 Å². The maximum atomic E-state index is 14.4. The van der Waals surface area contributed by atoms with Crippen LogP contribution < -0.4 is 0 Å². The molecule has 0 saturated carbocycles. The molecule has 0 saturated heterocycles. The molecule has 4 atom stereocenters. The molecule has 10 rings (SSSR count). The van der Waals surface area contributed by atoms with E-state index in [1.54, 1.807) is 48.5 Å². The molecule has 8 nitrogen and oxygen atoms in total. The number of nitrogens with zero attached hydrogens (tertiary/aromatic N) is 2. The fourth-order valence-corrected chi connectivity index (χ4v) is 12.7. The highest BCUT2D eigenvalue weighted by atomic mass is 79.9. The number of carbonyl (C=O) groups is 2. The Morgan fingerprint density at radius 3 is 0.958 bits per heavy atom. The van der Waals surface area contributed by atoms with Crippen molar-refractivity contribution < 1.29 is 26.4 Å². The van der Waals surface area contributed by atoms with Crippen molar-refractivity contribution in [2.75, 3.05) is 0 Å². The van der Waals surface area contributed by atoms with Gasteiger partial charge in [0.05, 0.1) is 33.0 Å². The van der Waals surface area contributed by atoms with E-state index < -0.39 is 43.7 Å². The molecule has 0 N–H and O–H groups in total. The zero-order valence-corrected chi connectivity index (χ0v) is 44.0. The summed E-state index contributed by atoms with van der Waals surface area (Å²) >= 11 is 6.92. The van der Waals surface area contributed by atoms with E-state index in [1.807, 2.05) is 196 Å². The van der Waals surface area contributed by atoms with E-state index in [-0.39, 0.29) is 21.6 Å². The van der Waals surface area contributed by atoms with Crippen molar-refractivity contribution in [2.24, 2.45) is 0 Å². The van der Waals surface area contributed by atoms with Crippen LogP contribution in [0.2, 0.25) is 0 Å². The lowest BCUT2D eigenvalue weighted by Crippen LogP contribution is -2.43. The third kappa shape index (κ3) is 10.4. The van der Waals surface area contributed by atoms with E-state index in [2.05, 4.69) is 31.9 Å². The van der Waals surface area contributed by atoms with E-state index >= 15 is 0 Å². The topological polar surface area (TPSA) is 109 Å². The number of hydrogen-bond acceptors (Lipinski definition) is 6. The minimum atomic E-state index is -4.17. The average Bonchev–Trinajstić information content (AvgIpc) is 3.40. The molecular formula is C60H48Br2N2O6S2. The number of allylic oxidation sites excluding steroid dienone is 2. The third-order valence-corrected chi connectivity index (χ3v) is 17.4. The first-order valence-electron chi connectivity index (χ1n) is 23.2. The summed E-state index contributed by atoms with van der Waals surface area (Å²) in [5.41, 5.74) is 7.33. The van der Waals surface area contributed by atoms with E-state index in [9.17, 15) is 26.4 Å². The van der Waals surface area contributed by atoms with Gasteiger partial charge in [-0.1, -0.05) is 225 Å². The summed E-state index contributed by atoms with van der Waals surface area (Å²) in [6, 6.07) is 66.1. The molecule has 2 amide bonds. The van der Waals surface area contributed by atoms with E-state index in [1.165, 1.54) is 0 Å². The molecule has 0 aromatic heterocycles. The lowest BCUT2D eigenvalue weighted by Gasteiger charge is -2.37. The summed E-state index contributed by atoms with van der Waals surface area (Å²) in [6.07, 6.45) is 3.84. The van der Waals surface area contributed by atoms with Gasteiger partial charge >= 0.3 is 0 Å². The summed E-state index contributed by atoms with van der Waals surface area (Å²) in [6.45, 7) is 3.79. The Balaban J connectivity index is 0.000000178. The largest absolute Gasteiger partial charge is 0.273 e. The van der Waals surface area contributed by atoms with Gasteiger partial charge in [0.15, 0.2) is 0 Å². The van der Waals surface area contributed by atoms with Crippen LogP contribution in [0, 0.1) is 13.8 Å². The van der Waals surface area contributed by atoms with Crippen molar-refractivity contribution in [2.45, 2.75) is 47.3 Å². The summed E-state index contributed by atoms with van der Waals surface area (Å²) in [7, 11) is -8.35. The average molecular weight is 1120 g/mol. The fraction of sp³-hybridized carbons (Fsp3) is 0.100. The van der Waals surface area contributed by atoms with Crippen LogP contribution >= 0.6 is 31.9 Å². The monoisotopic (exact) mass is 1110 g/mol. The van der Waals surface area contributed by atoms with Gasteiger partial charge in [0.1, 0.15) is 0 Å². The Hall–Kier alpha value is -6.96. The Labute approximate surface area is 438 Å². The zero-order chi connectivity index (χ0) is 50.6. The highest BCUT2D eigenvalue weighted by Gasteiger charge is 2.46. The first-order chi connectivity index (χ1) is 34.7. The maximum absolute atomic E-state index is 14.4. The molecule has 8 aromatic rings. The molecule has 0 bridgehead atoms. The Bertz CT molecular complexity index is 3270. The molecule has 8 aromatic carbocycles. The molecule has 0 radical (unpaired) electrons. The lowest BCUT2D eigenvalue weighted by molar-refractivity contribution is -0.127. The van der Waals surface area contributed by atoms with Crippen LogP contribution in [0.15, 0.2) is 249 Å². The van der Waals surface area contributed by atoms with Crippen molar-refractivity contribution in [3.05, 3.63) is 284 Å². The zero-order valence-electron chi connectivity index (χ0n) is 39.2. The molecule has 0 unspecified atom stereocenters. The number of aryl methyl sites for hydroxylation is 2.